The molecular weight excluding hydrogens is 246 g/mol. The molecule has 0 aromatic carbocycles. The van der Waals surface area contributed by atoms with Gasteiger partial charge in [-0.3, -0.25) is 4.79 Å². The summed E-state index contributed by atoms with van der Waals surface area (Å²) in [6.45, 7) is 0.224. The van der Waals surface area contributed by atoms with Gasteiger partial charge in [-0.2, -0.15) is 5.10 Å². The highest BCUT2D eigenvalue weighted by Crippen LogP contribution is 2.04. The molecule has 0 amide bonds. The number of hydrogen-bond acceptors (Lipinski definition) is 6. The van der Waals surface area contributed by atoms with E-state index in [9.17, 15) is 4.79 Å². The summed E-state index contributed by atoms with van der Waals surface area (Å²) >= 11 is 0. The lowest BCUT2D eigenvalue weighted by atomic mass is 10.3. The normalized spacial score (nSPS) is 11.0. The predicted octanol–water partition coefficient (Wildman–Crippen LogP) is -0.450. The molecule has 0 bridgehead atoms. The third-order valence-corrected chi connectivity index (χ3v) is 2.76. The highest BCUT2D eigenvalue weighted by molar-refractivity contribution is 5.72. The standard InChI is InChI=1S/C11H11N7O/c1-17-10-8(5-13-17)11(19)18(16-15-10)6-7-3-2-4-9(12)14-7/h2-5H,6H2,1H3,(H2,12,14). The lowest BCUT2D eigenvalue weighted by molar-refractivity contribution is 0.587. The first-order chi connectivity index (χ1) is 9.15. The van der Waals surface area contributed by atoms with Crippen molar-refractivity contribution >= 4 is 16.9 Å². The Morgan fingerprint density at radius 3 is 3.00 bits per heavy atom. The van der Waals surface area contributed by atoms with Gasteiger partial charge in [-0.1, -0.05) is 11.3 Å². The molecule has 19 heavy (non-hydrogen) atoms. The highest BCUT2D eigenvalue weighted by atomic mass is 16.1. The van der Waals surface area contributed by atoms with E-state index in [1.165, 1.54) is 15.6 Å². The number of nitrogens with zero attached hydrogens (tertiary/aromatic N) is 6. The molecule has 8 nitrogen and oxygen atoms in total. The topological polar surface area (TPSA) is 105 Å². The van der Waals surface area contributed by atoms with Crippen LogP contribution in [0.25, 0.3) is 11.0 Å². The second kappa shape index (κ2) is 4.16. The number of fused-ring (bicyclic) bond motifs is 1. The maximum atomic E-state index is 12.2. The first kappa shape index (κ1) is 11.3. The Balaban J connectivity index is 2.06. The fraction of sp³-hybridized carbons (Fsp3) is 0.182. The van der Waals surface area contributed by atoms with Crippen molar-refractivity contribution in [2.45, 2.75) is 6.54 Å². The fourth-order valence-electron chi connectivity index (χ4n) is 1.82. The Morgan fingerprint density at radius 1 is 1.37 bits per heavy atom. The summed E-state index contributed by atoms with van der Waals surface area (Å²) in [4.78, 5) is 16.3. The van der Waals surface area contributed by atoms with Crippen LogP contribution in [-0.4, -0.2) is 29.8 Å². The summed E-state index contributed by atoms with van der Waals surface area (Å²) in [5.74, 6) is 0.404. The van der Waals surface area contributed by atoms with Gasteiger partial charge in [-0.15, -0.1) is 5.10 Å². The van der Waals surface area contributed by atoms with Crippen LogP contribution >= 0.6 is 0 Å². The Bertz CT molecular complexity index is 804. The van der Waals surface area contributed by atoms with Crippen molar-refractivity contribution in [1.82, 2.24) is 29.8 Å². The molecule has 0 aliphatic carbocycles. The molecule has 0 saturated carbocycles. The van der Waals surface area contributed by atoms with Crippen LogP contribution in [-0.2, 0) is 13.6 Å². The Kier molecular flexibility index (Phi) is 2.48. The Morgan fingerprint density at radius 2 is 2.21 bits per heavy atom. The summed E-state index contributed by atoms with van der Waals surface area (Å²) in [6, 6.07) is 5.24. The SMILES string of the molecule is Cn1ncc2c(=O)n(Cc3cccc(N)n3)nnc21. The summed E-state index contributed by atoms with van der Waals surface area (Å²) < 4.78 is 2.75. The number of nitrogen functional groups attached to an aromatic ring is 1. The molecule has 0 spiro atoms. The van der Waals surface area contributed by atoms with Crippen LogP contribution in [0.4, 0.5) is 5.82 Å². The maximum absolute atomic E-state index is 12.2. The predicted molar refractivity (Wildman–Crippen MR) is 68.3 cm³/mol. The lowest BCUT2D eigenvalue weighted by Crippen LogP contribution is -2.25. The molecule has 0 radical (unpaired) electrons. The van der Waals surface area contributed by atoms with Crippen LogP contribution < -0.4 is 11.3 Å². The zero-order valence-corrected chi connectivity index (χ0v) is 10.2. The second-order valence-corrected chi connectivity index (χ2v) is 4.11. The molecule has 96 valence electrons. The minimum absolute atomic E-state index is 0.224. The van der Waals surface area contributed by atoms with Crippen LogP contribution in [0.15, 0.2) is 29.2 Å². The van der Waals surface area contributed by atoms with Crippen LogP contribution in [0.5, 0.6) is 0 Å². The van der Waals surface area contributed by atoms with Crippen molar-refractivity contribution in [1.29, 1.82) is 0 Å². The average molecular weight is 257 g/mol. The maximum Gasteiger partial charge on any atom is 0.281 e. The number of aryl methyl sites for hydroxylation is 1. The third kappa shape index (κ3) is 1.92. The van der Waals surface area contributed by atoms with Crippen molar-refractivity contribution in [2.75, 3.05) is 5.73 Å². The van der Waals surface area contributed by atoms with Gasteiger partial charge in [0.05, 0.1) is 18.4 Å². The number of hydrogen-bond donors (Lipinski definition) is 1. The zero-order chi connectivity index (χ0) is 13.4. The van der Waals surface area contributed by atoms with E-state index in [4.69, 9.17) is 5.73 Å². The zero-order valence-electron chi connectivity index (χ0n) is 10.2. The van der Waals surface area contributed by atoms with Gasteiger partial charge < -0.3 is 5.73 Å². The van der Waals surface area contributed by atoms with E-state index < -0.39 is 0 Å². The first-order valence-electron chi connectivity index (χ1n) is 5.62. The van der Waals surface area contributed by atoms with E-state index in [-0.39, 0.29) is 12.1 Å². The number of nitrogens with two attached hydrogens (primary N) is 1. The molecule has 3 aromatic heterocycles. The monoisotopic (exact) mass is 257 g/mol. The summed E-state index contributed by atoms with van der Waals surface area (Å²) in [7, 11) is 1.71. The van der Waals surface area contributed by atoms with Gasteiger partial charge in [0.1, 0.15) is 11.2 Å². The number of aromatic nitrogens is 6. The first-order valence-corrected chi connectivity index (χ1v) is 5.62. The van der Waals surface area contributed by atoms with Crippen LogP contribution in [0.1, 0.15) is 5.69 Å². The molecule has 3 heterocycles. The summed E-state index contributed by atoms with van der Waals surface area (Å²) in [6.07, 6.45) is 1.48. The molecule has 0 aliphatic rings. The van der Waals surface area contributed by atoms with Gasteiger partial charge in [-0.25, -0.2) is 14.3 Å². The van der Waals surface area contributed by atoms with Crippen molar-refractivity contribution in [3.63, 3.8) is 0 Å². The van der Waals surface area contributed by atoms with Crippen LogP contribution in [0.2, 0.25) is 0 Å². The minimum atomic E-state index is -0.248. The molecule has 3 aromatic rings. The number of pyridine rings is 1. The van der Waals surface area contributed by atoms with E-state index in [0.717, 1.165) is 0 Å². The van der Waals surface area contributed by atoms with Gasteiger partial charge in [0, 0.05) is 7.05 Å². The van der Waals surface area contributed by atoms with Crippen molar-refractivity contribution in [3.05, 3.63) is 40.4 Å². The van der Waals surface area contributed by atoms with Gasteiger partial charge >= 0.3 is 0 Å². The van der Waals surface area contributed by atoms with E-state index in [1.54, 1.807) is 25.2 Å². The van der Waals surface area contributed by atoms with Crippen molar-refractivity contribution in [3.8, 4) is 0 Å². The van der Waals surface area contributed by atoms with Crippen LogP contribution in [0, 0.1) is 0 Å². The van der Waals surface area contributed by atoms with Gasteiger partial charge in [-0.05, 0) is 12.1 Å². The molecular formula is C11H11N7O. The van der Waals surface area contributed by atoms with Crippen molar-refractivity contribution in [2.24, 2.45) is 7.05 Å². The molecule has 2 N–H and O–H groups in total. The minimum Gasteiger partial charge on any atom is -0.384 e. The number of anilines is 1. The average Bonchev–Trinajstić information content (AvgIpc) is 2.76. The molecule has 8 heteroatoms. The second-order valence-electron chi connectivity index (χ2n) is 4.11. The van der Waals surface area contributed by atoms with E-state index >= 15 is 0 Å². The molecule has 0 atom stereocenters. The third-order valence-electron chi connectivity index (χ3n) is 2.76. The quantitative estimate of drug-likeness (QED) is 0.666. The molecule has 0 saturated heterocycles. The van der Waals surface area contributed by atoms with Gasteiger partial charge in [0.15, 0.2) is 5.65 Å². The highest BCUT2D eigenvalue weighted by Gasteiger charge is 2.10. The Labute approximate surface area is 107 Å². The lowest BCUT2D eigenvalue weighted by Gasteiger charge is -2.03. The molecule has 0 unspecified atom stereocenters. The van der Waals surface area contributed by atoms with E-state index in [2.05, 4.69) is 20.4 Å². The smallest absolute Gasteiger partial charge is 0.281 e. The van der Waals surface area contributed by atoms with Crippen LogP contribution in [0.3, 0.4) is 0 Å². The number of rotatable bonds is 2. The molecule has 0 aliphatic heterocycles. The van der Waals surface area contributed by atoms with Gasteiger partial charge in [0.25, 0.3) is 5.56 Å². The molecule has 3 rings (SSSR count). The summed E-state index contributed by atoms with van der Waals surface area (Å²) in [5, 5.41) is 12.3. The largest absolute Gasteiger partial charge is 0.384 e. The Hall–Kier alpha value is -2.77. The molecule has 0 fully saturated rings. The fourth-order valence-corrected chi connectivity index (χ4v) is 1.82. The van der Waals surface area contributed by atoms with Crippen molar-refractivity contribution < 1.29 is 0 Å². The van der Waals surface area contributed by atoms with E-state index in [1.807, 2.05) is 0 Å². The van der Waals surface area contributed by atoms with E-state index in [0.29, 0.717) is 22.5 Å². The van der Waals surface area contributed by atoms with Gasteiger partial charge in [0.2, 0.25) is 0 Å². The summed E-state index contributed by atoms with van der Waals surface area (Å²) in [5.41, 5.74) is 6.46.